The summed E-state index contributed by atoms with van der Waals surface area (Å²) in [6.07, 6.45) is 0.352. The fourth-order valence-corrected chi connectivity index (χ4v) is 3.72. The van der Waals surface area contributed by atoms with Crippen LogP contribution in [0.5, 0.6) is 5.75 Å². The quantitative estimate of drug-likeness (QED) is 0.334. The van der Waals surface area contributed by atoms with Crippen molar-refractivity contribution >= 4 is 40.9 Å². The van der Waals surface area contributed by atoms with Gasteiger partial charge in [0.15, 0.2) is 0 Å². The average molecular weight is 438 g/mol. The van der Waals surface area contributed by atoms with Crippen molar-refractivity contribution in [3.05, 3.63) is 69.8 Å². The topological polar surface area (TPSA) is 31.2 Å². The van der Waals surface area contributed by atoms with Crippen molar-refractivity contribution in [3.63, 3.8) is 0 Å². The van der Waals surface area contributed by atoms with Crippen molar-refractivity contribution in [2.45, 2.75) is 13.3 Å². The summed E-state index contributed by atoms with van der Waals surface area (Å²) in [5.41, 5.74) is 3.57. The Bertz CT molecular complexity index is 1000. The van der Waals surface area contributed by atoms with Crippen LogP contribution in [0, 0.1) is 6.92 Å². The minimum Gasteiger partial charge on any atom is -0.493 e. The molecule has 0 fully saturated rings. The smallest absolute Gasteiger partial charge is 0.218 e. The summed E-state index contributed by atoms with van der Waals surface area (Å²) in [5.74, 6) is 0.651. The number of benzene rings is 2. The van der Waals surface area contributed by atoms with Gasteiger partial charge in [0.05, 0.1) is 29.6 Å². The second-order valence-electron chi connectivity index (χ2n) is 6.18. The lowest BCUT2D eigenvalue weighted by molar-refractivity contribution is 0.109. The molecule has 0 radical (unpaired) electrons. The first-order valence-electron chi connectivity index (χ1n) is 8.62. The maximum Gasteiger partial charge on any atom is 0.218 e. The van der Waals surface area contributed by atoms with Crippen LogP contribution in [0.3, 0.4) is 0 Å². The van der Waals surface area contributed by atoms with Crippen LogP contribution in [0.2, 0.25) is 10.0 Å². The number of nitrogens with zero attached hydrogens (tertiary/aromatic N) is 1. The van der Waals surface area contributed by atoms with Crippen molar-refractivity contribution in [2.24, 2.45) is 0 Å². The lowest BCUT2D eigenvalue weighted by Gasteiger charge is -2.14. The van der Waals surface area contributed by atoms with Crippen molar-refractivity contribution in [1.29, 1.82) is 0 Å². The molecule has 0 aliphatic carbocycles. The van der Waals surface area contributed by atoms with E-state index in [9.17, 15) is 9.18 Å². The largest absolute Gasteiger partial charge is 0.493 e. The molecule has 0 saturated carbocycles. The highest BCUT2D eigenvalue weighted by Gasteiger charge is 2.19. The van der Waals surface area contributed by atoms with Crippen LogP contribution in [-0.4, -0.2) is 23.0 Å². The van der Waals surface area contributed by atoms with Crippen LogP contribution in [-0.2, 0) is 0 Å². The fraction of sp³-hybridized carbons (Fsp3) is 0.190. The van der Waals surface area contributed by atoms with E-state index >= 15 is 0 Å². The molecule has 2 aromatic carbocycles. The summed E-state index contributed by atoms with van der Waals surface area (Å²) in [4.78, 5) is 12.0. The molecule has 0 bridgehead atoms. The molecule has 0 unspecified atom stereocenters. The highest BCUT2D eigenvalue weighted by Crippen LogP contribution is 2.36. The Morgan fingerprint density at radius 2 is 1.86 bits per heavy atom. The molecule has 3 rings (SSSR count). The van der Waals surface area contributed by atoms with E-state index in [4.69, 9.17) is 27.9 Å². The van der Waals surface area contributed by atoms with Gasteiger partial charge in [-0.3, -0.25) is 9.18 Å². The van der Waals surface area contributed by atoms with Crippen LogP contribution in [0.4, 0.5) is 4.39 Å². The molecule has 3 aromatic rings. The van der Waals surface area contributed by atoms with Gasteiger partial charge in [-0.25, -0.2) is 0 Å². The van der Waals surface area contributed by atoms with E-state index in [1.807, 2.05) is 41.8 Å². The van der Waals surface area contributed by atoms with E-state index < -0.39 is 6.67 Å². The molecule has 146 valence electrons. The van der Waals surface area contributed by atoms with Gasteiger partial charge in [-0.15, -0.1) is 12.6 Å². The number of alkyl halides is 1. The zero-order valence-electron chi connectivity index (χ0n) is 15.1. The number of hydrogen-bond donors (Lipinski definition) is 1. The Labute approximate surface area is 178 Å². The SMILES string of the molecule is Cc1c(C(=O)S)cc(-c2ccc(Cl)cc2Cl)n1-c1ccc(OCCCF)cc1. The Morgan fingerprint density at radius 3 is 2.46 bits per heavy atom. The first-order chi connectivity index (χ1) is 13.4. The number of carbonyl (C=O) groups is 1. The molecule has 0 N–H and O–H groups in total. The number of hydrogen-bond acceptors (Lipinski definition) is 2. The lowest BCUT2D eigenvalue weighted by Crippen LogP contribution is -2.02. The van der Waals surface area contributed by atoms with Gasteiger partial charge < -0.3 is 9.30 Å². The van der Waals surface area contributed by atoms with Crippen LogP contribution in [0.25, 0.3) is 16.9 Å². The maximum atomic E-state index is 12.2. The Kier molecular flexibility index (Phi) is 6.70. The van der Waals surface area contributed by atoms with Gasteiger partial charge in [-0.1, -0.05) is 23.2 Å². The molecular weight excluding hydrogens is 420 g/mol. The number of carbonyl (C=O) groups excluding carboxylic acids is 1. The zero-order chi connectivity index (χ0) is 20.3. The molecule has 0 aliphatic rings. The third-order valence-electron chi connectivity index (χ3n) is 4.33. The Hall–Kier alpha value is -1.95. The van der Waals surface area contributed by atoms with Gasteiger partial charge in [-0.05, 0) is 55.5 Å². The minimum atomic E-state index is -0.410. The van der Waals surface area contributed by atoms with Crippen LogP contribution in [0.15, 0.2) is 48.5 Å². The lowest BCUT2D eigenvalue weighted by atomic mass is 10.1. The summed E-state index contributed by atoms with van der Waals surface area (Å²) < 4.78 is 19.7. The van der Waals surface area contributed by atoms with Crippen molar-refractivity contribution in [3.8, 4) is 22.7 Å². The third-order valence-corrected chi connectivity index (χ3v) is 5.11. The maximum absolute atomic E-state index is 12.2. The van der Waals surface area contributed by atoms with Crippen molar-refractivity contribution in [1.82, 2.24) is 4.57 Å². The van der Waals surface area contributed by atoms with Gasteiger partial charge in [0.1, 0.15) is 5.75 Å². The summed E-state index contributed by atoms with van der Waals surface area (Å²) in [6, 6.07) is 14.4. The molecular formula is C21H18Cl2FNO2S. The van der Waals surface area contributed by atoms with Gasteiger partial charge in [0, 0.05) is 28.4 Å². The summed E-state index contributed by atoms with van der Waals surface area (Å²) >= 11 is 16.4. The fourth-order valence-electron chi connectivity index (χ4n) is 2.99. The number of rotatable bonds is 7. The van der Waals surface area contributed by atoms with Gasteiger partial charge >= 0.3 is 0 Å². The van der Waals surface area contributed by atoms with Gasteiger partial charge in [0.2, 0.25) is 5.12 Å². The van der Waals surface area contributed by atoms with E-state index in [2.05, 4.69) is 12.6 Å². The predicted octanol–water partition coefficient (Wildman–Crippen LogP) is 6.57. The summed E-state index contributed by atoms with van der Waals surface area (Å²) in [5, 5.41) is 0.688. The standard InChI is InChI=1S/C21H18Cl2FNO2S/c1-13-18(21(26)28)12-20(17-8-3-14(22)11-19(17)23)25(13)15-4-6-16(7-5-15)27-10-2-9-24/h3-8,11-12H,2,9-10H2,1H3,(H,26,28). The molecule has 0 aliphatic heterocycles. The molecule has 1 heterocycles. The predicted molar refractivity (Wildman–Crippen MR) is 115 cm³/mol. The first kappa shape index (κ1) is 20.8. The van der Waals surface area contributed by atoms with E-state index in [1.54, 1.807) is 18.2 Å². The second-order valence-corrected chi connectivity index (χ2v) is 7.43. The molecule has 1 aromatic heterocycles. The highest BCUT2D eigenvalue weighted by atomic mass is 35.5. The van der Waals surface area contributed by atoms with E-state index in [-0.39, 0.29) is 5.12 Å². The number of ether oxygens (including phenoxy) is 1. The van der Waals surface area contributed by atoms with Gasteiger partial charge in [-0.2, -0.15) is 0 Å². The molecule has 28 heavy (non-hydrogen) atoms. The van der Waals surface area contributed by atoms with E-state index in [0.717, 1.165) is 22.6 Å². The third kappa shape index (κ3) is 4.37. The van der Waals surface area contributed by atoms with Crippen molar-refractivity contribution in [2.75, 3.05) is 13.3 Å². The number of halogens is 3. The highest BCUT2D eigenvalue weighted by molar-refractivity contribution is 7.97. The Balaban J connectivity index is 2.08. The molecule has 0 saturated heterocycles. The molecule has 0 spiro atoms. The minimum absolute atomic E-state index is 0.322. The van der Waals surface area contributed by atoms with E-state index in [1.165, 1.54) is 0 Å². The van der Waals surface area contributed by atoms with Crippen molar-refractivity contribution < 1.29 is 13.9 Å². The average Bonchev–Trinajstić information content (AvgIpc) is 3.00. The Morgan fingerprint density at radius 1 is 1.14 bits per heavy atom. The first-order valence-corrected chi connectivity index (χ1v) is 9.83. The van der Waals surface area contributed by atoms with Crippen LogP contribution >= 0.6 is 35.8 Å². The van der Waals surface area contributed by atoms with Crippen LogP contribution < -0.4 is 4.74 Å². The zero-order valence-corrected chi connectivity index (χ0v) is 17.5. The number of thiol groups is 1. The van der Waals surface area contributed by atoms with E-state index in [0.29, 0.717) is 34.4 Å². The number of aromatic nitrogens is 1. The normalized spacial score (nSPS) is 10.9. The molecule has 0 amide bonds. The molecule has 7 heteroatoms. The van der Waals surface area contributed by atoms with Crippen LogP contribution in [0.1, 0.15) is 22.5 Å². The second kappa shape index (κ2) is 9.03. The molecule has 0 atom stereocenters. The monoisotopic (exact) mass is 437 g/mol. The summed E-state index contributed by atoms with van der Waals surface area (Å²) in [7, 11) is 0. The summed E-state index contributed by atoms with van der Waals surface area (Å²) in [6.45, 7) is 1.76. The molecule has 3 nitrogen and oxygen atoms in total. The van der Waals surface area contributed by atoms with Gasteiger partial charge in [0.25, 0.3) is 0 Å².